The van der Waals surface area contributed by atoms with E-state index < -0.39 is 0 Å². The van der Waals surface area contributed by atoms with Gasteiger partial charge in [-0.15, -0.1) is 0 Å². The zero-order valence-electron chi connectivity index (χ0n) is 6.62. The molecular weight excluding hydrogens is 142 g/mol. The molecule has 2 fully saturated rings. The molecule has 2 N–H and O–H groups in total. The number of esters is 1. The Bertz CT molecular complexity index is 193. The second kappa shape index (κ2) is 2.21. The van der Waals surface area contributed by atoms with E-state index in [1.165, 1.54) is 13.3 Å². The molecule has 0 aromatic heterocycles. The van der Waals surface area contributed by atoms with Crippen LogP contribution in [0, 0.1) is 11.8 Å². The molecule has 0 spiro atoms. The van der Waals surface area contributed by atoms with Crippen molar-refractivity contribution in [1.82, 2.24) is 0 Å². The highest BCUT2D eigenvalue weighted by atomic mass is 16.5. The van der Waals surface area contributed by atoms with Gasteiger partial charge in [-0.3, -0.25) is 4.79 Å². The van der Waals surface area contributed by atoms with Crippen LogP contribution in [0.15, 0.2) is 0 Å². The van der Waals surface area contributed by atoms with Crippen LogP contribution in [-0.4, -0.2) is 18.1 Å². The van der Waals surface area contributed by atoms with Crippen LogP contribution in [0.2, 0.25) is 0 Å². The van der Waals surface area contributed by atoms with Gasteiger partial charge in [0.05, 0.1) is 0 Å². The van der Waals surface area contributed by atoms with Gasteiger partial charge in [-0.1, -0.05) is 0 Å². The van der Waals surface area contributed by atoms with Gasteiger partial charge in [-0.25, -0.2) is 0 Å². The highest BCUT2D eigenvalue weighted by molar-refractivity contribution is 5.66. The third kappa shape index (κ3) is 1.13. The quantitative estimate of drug-likeness (QED) is 0.553. The molecule has 4 atom stereocenters. The van der Waals surface area contributed by atoms with E-state index in [1.807, 2.05) is 0 Å². The van der Waals surface area contributed by atoms with Crippen LogP contribution in [0.1, 0.15) is 19.8 Å². The summed E-state index contributed by atoms with van der Waals surface area (Å²) in [5.41, 5.74) is 5.79. The van der Waals surface area contributed by atoms with Crippen molar-refractivity contribution in [3.05, 3.63) is 0 Å². The maximum absolute atomic E-state index is 10.6. The lowest BCUT2D eigenvalue weighted by Crippen LogP contribution is -2.24. The van der Waals surface area contributed by atoms with Crippen molar-refractivity contribution < 1.29 is 9.53 Å². The molecule has 4 unspecified atom stereocenters. The Morgan fingerprint density at radius 3 is 2.55 bits per heavy atom. The number of carbonyl (C=O) groups excluding carboxylic acids is 1. The van der Waals surface area contributed by atoms with Crippen LogP contribution < -0.4 is 5.73 Å². The molecule has 3 heteroatoms. The summed E-state index contributed by atoms with van der Waals surface area (Å²) in [6, 6.07) is 0.282. The molecule has 62 valence electrons. The lowest BCUT2D eigenvalue weighted by atomic mass is 10.1. The predicted molar refractivity (Wildman–Crippen MR) is 39.7 cm³/mol. The Labute approximate surface area is 65.9 Å². The predicted octanol–water partition coefficient (Wildman–Crippen LogP) is 0.285. The summed E-state index contributed by atoms with van der Waals surface area (Å²) in [5.74, 6) is 1.07. The van der Waals surface area contributed by atoms with Crippen LogP contribution in [0.5, 0.6) is 0 Å². The minimum Gasteiger partial charge on any atom is -0.462 e. The van der Waals surface area contributed by atoms with Crippen LogP contribution in [-0.2, 0) is 9.53 Å². The Morgan fingerprint density at radius 1 is 1.45 bits per heavy atom. The highest BCUT2D eigenvalue weighted by Gasteiger charge is 2.54. The first-order valence-corrected chi connectivity index (χ1v) is 4.11. The van der Waals surface area contributed by atoms with Crippen LogP contribution in [0.4, 0.5) is 0 Å². The van der Waals surface area contributed by atoms with Gasteiger partial charge < -0.3 is 10.5 Å². The molecule has 11 heavy (non-hydrogen) atoms. The Kier molecular flexibility index (Phi) is 1.42. The van der Waals surface area contributed by atoms with Gasteiger partial charge in [0, 0.05) is 25.3 Å². The van der Waals surface area contributed by atoms with Crippen molar-refractivity contribution >= 4 is 5.97 Å². The molecule has 3 nitrogen and oxygen atoms in total. The number of rotatable bonds is 1. The third-order valence-electron chi connectivity index (χ3n) is 2.74. The molecular formula is C8H13NO2. The summed E-state index contributed by atoms with van der Waals surface area (Å²) in [7, 11) is 0. The molecule has 0 radical (unpaired) electrons. The van der Waals surface area contributed by atoms with E-state index in [9.17, 15) is 4.79 Å². The molecule has 2 saturated carbocycles. The van der Waals surface area contributed by atoms with E-state index in [-0.39, 0.29) is 18.1 Å². The fraction of sp³-hybridized carbons (Fsp3) is 0.875. The van der Waals surface area contributed by atoms with Crippen LogP contribution in [0.3, 0.4) is 0 Å². The lowest BCUT2D eigenvalue weighted by Gasteiger charge is -2.12. The van der Waals surface area contributed by atoms with E-state index in [4.69, 9.17) is 10.5 Å². The van der Waals surface area contributed by atoms with Crippen molar-refractivity contribution in [2.45, 2.75) is 31.9 Å². The first-order valence-electron chi connectivity index (χ1n) is 4.11. The molecule has 2 rings (SSSR count). The van der Waals surface area contributed by atoms with Crippen molar-refractivity contribution in [1.29, 1.82) is 0 Å². The molecule has 0 aromatic rings. The monoisotopic (exact) mass is 155 g/mol. The number of nitrogens with two attached hydrogens (primary N) is 1. The van der Waals surface area contributed by atoms with Crippen LogP contribution in [0.25, 0.3) is 0 Å². The Hall–Kier alpha value is -0.570. The fourth-order valence-electron chi connectivity index (χ4n) is 2.12. The Balaban J connectivity index is 1.92. The molecule has 0 aromatic carbocycles. The summed E-state index contributed by atoms with van der Waals surface area (Å²) in [5, 5.41) is 0. The maximum Gasteiger partial charge on any atom is 0.302 e. The number of carbonyl (C=O) groups is 1. The van der Waals surface area contributed by atoms with E-state index in [2.05, 4.69) is 0 Å². The zero-order chi connectivity index (χ0) is 8.01. The van der Waals surface area contributed by atoms with E-state index in [0.717, 1.165) is 6.42 Å². The van der Waals surface area contributed by atoms with E-state index >= 15 is 0 Å². The summed E-state index contributed by atoms with van der Waals surface area (Å²) in [6.45, 7) is 1.46. The molecule has 0 amide bonds. The minimum atomic E-state index is -0.172. The number of fused-ring (bicyclic) bond motifs is 1. The summed E-state index contributed by atoms with van der Waals surface area (Å²) in [6.07, 6.45) is 2.17. The molecule has 0 bridgehead atoms. The summed E-state index contributed by atoms with van der Waals surface area (Å²) in [4.78, 5) is 10.6. The largest absolute Gasteiger partial charge is 0.462 e. The van der Waals surface area contributed by atoms with Gasteiger partial charge in [0.25, 0.3) is 0 Å². The van der Waals surface area contributed by atoms with Crippen LogP contribution >= 0.6 is 0 Å². The van der Waals surface area contributed by atoms with Gasteiger partial charge in [0.2, 0.25) is 0 Å². The van der Waals surface area contributed by atoms with Gasteiger partial charge in [-0.05, 0) is 12.3 Å². The molecule has 2 aliphatic rings. The van der Waals surface area contributed by atoms with Gasteiger partial charge in [0.15, 0.2) is 0 Å². The summed E-state index contributed by atoms with van der Waals surface area (Å²) >= 11 is 0. The van der Waals surface area contributed by atoms with Crippen molar-refractivity contribution in [3.8, 4) is 0 Å². The van der Waals surface area contributed by atoms with E-state index in [1.54, 1.807) is 0 Å². The third-order valence-corrected chi connectivity index (χ3v) is 2.74. The molecule has 0 saturated heterocycles. The first-order chi connectivity index (χ1) is 5.18. The SMILES string of the molecule is CC(=O)OC1CC(N)C2CC12. The average molecular weight is 155 g/mol. The topological polar surface area (TPSA) is 52.3 Å². The van der Waals surface area contributed by atoms with Gasteiger partial charge >= 0.3 is 5.97 Å². The molecule has 2 aliphatic carbocycles. The molecule has 0 heterocycles. The normalized spacial score (nSPS) is 46.7. The van der Waals surface area contributed by atoms with Gasteiger partial charge in [0.1, 0.15) is 6.10 Å². The zero-order valence-corrected chi connectivity index (χ0v) is 6.62. The van der Waals surface area contributed by atoms with E-state index in [0.29, 0.717) is 11.8 Å². The number of ether oxygens (including phenoxy) is 1. The smallest absolute Gasteiger partial charge is 0.302 e. The van der Waals surface area contributed by atoms with Crippen molar-refractivity contribution in [3.63, 3.8) is 0 Å². The number of hydrogen-bond donors (Lipinski definition) is 1. The lowest BCUT2D eigenvalue weighted by molar-refractivity contribution is -0.147. The summed E-state index contributed by atoms with van der Waals surface area (Å²) < 4.78 is 5.12. The number of hydrogen-bond acceptors (Lipinski definition) is 3. The average Bonchev–Trinajstić information content (AvgIpc) is 2.57. The maximum atomic E-state index is 10.6. The second-order valence-corrected chi connectivity index (χ2v) is 3.61. The standard InChI is InChI=1S/C8H13NO2/c1-4(10)11-8-3-7(9)5-2-6(5)8/h5-8H,2-3,9H2,1H3. The van der Waals surface area contributed by atoms with Gasteiger partial charge in [-0.2, -0.15) is 0 Å². The van der Waals surface area contributed by atoms with Crippen molar-refractivity contribution in [2.75, 3.05) is 0 Å². The minimum absolute atomic E-state index is 0.132. The molecule has 0 aliphatic heterocycles. The Morgan fingerprint density at radius 2 is 2.18 bits per heavy atom. The fourth-order valence-corrected chi connectivity index (χ4v) is 2.12. The highest BCUT2D eigenvalue weighted by Crippen LogP contribution is 2.52. The second-order valence-electron chi connectivity index (χ2n) is 3.61. The first kappa shape index (κ1) is 7.10. The van der Waals surface area contributed by atoms with Crippen molar-refractivity contribution in [2.24, 2.45) is 17.6 Å².